The van der Waals surface area contributed by atoms with Crippen molar-refractivity contribution in [2.75, 3.05) is 26.4 Å². The Labute approximate surface area is 360 Å². The van der Waals surface area contributed by atoms with Crippen LogP contribution >= 0.6 is 15.6 Å². The van der Waals surface area contributed by atoms with Gasteiger partial charge >= 0.3 is 27.6 Å². The minimum absolute atomic E-state index is 0.0457. The zero-order valence-corrected chi connectivity index (χ0v) is 38.3. The van der Waals surface area contributed by atoms with Crippen molar-refractivity contribution in [2.24, 2.45) is 0 Å². The lowest BCUT2D eigenvalue weighted by Gasteiger charge is -2.20. The Balaban J connectivity index is 2.40. The Morgan fingerprint density at radius 1 is 0.567 bits per heavy atom. The van der Waals surface area contributed by atoms with Gasteiger partial charge in [0.25, 0.3) is 0 Å². The van der Waals surface area contributed by atoms with Gasteiger partial charge in [-0.3, -0.25) is 23.2 Å². The van der Waals surface area contributed by atoms with Crippen LogP contribution in [-0.2, 0) is 46.5 Å². The topological polar surface area (TPSA) is 208 Å². The molecular weight excluding hydrogens is 814 g/mol. The van der Waals surface area contributed by atoms with Crippen molar-refractivity contribution >= 4 is 27.6 Å². The van der Waals surface area contributed by atoms with Gasteiger partial charge < -0.3 is 34.0 Å². The number of aliphatic hydroxyl groups excluding tert-OH is 1. The number of allylic oxidation sites excluding steroid dienone is 6. The molecule has 1 saturated heterocycles. The van der Waals surface area contributed by atoms with Crippen LogP contribution < -0.4 is 0 Å². The van der Waals surface area contributed by atoms with Crippen molar-refractivity contribution < 1.29 is 66.3 Å². The Morgan fingerprint density at radius 2 is 1.03 bits per heavy atom. The van der Waals surface area contributed by atoms with Crippen LogP contribution in [0.15, 0.2) is 48.6 Å². The molecule has 0 saturated carbocycles. The summed E-state index contributed by atoms with van der Waals surface area (Å²) in [4.78, 5) is 52.8. The third-order valence-corrected chi connectivity index (χ3v) is 11.0. The van der Waals surface area contributed by atoms with Crippen LogP contribution in [-0.4, -0.2) is 82.6 Å². The highest BCUT2D eigenvalue weighted by molar-refractivity contribution is 7.47. The van der Waals surface area contributed by atoms with Gasteiger partial charge in [0.2, 0.25) is 0 Å². The van der Waals surface area contributed by atoms with E-state index in [1.54, 1.807) is 0 Å². The summed E-state index contributed by atoms with van der Waals surface area (Å²) < 4.78 is 53.5. The second kappa shape index (κ2) is 36.5. The highest BCUT2D eigenvalue weighted by atomic mass is 31.2. The average molecular weight is 893 g/mol. The van der Waals surface area contributed by atoms with E-state index in [9.17, 15) is 28.7 Å². The number of phosphoric ester groups is 2. The predicted octanol–water partition coefficient (Wildman–Crippen LogP) is 10.4. The van der Waals surface area contributed by atoms with E-state index in [0.717, 1.165) is 57.8 Å². The molecule has 348 valence electrons. The van der Waals surface area contributed by atoms with E-state index in [1.165, 1.54) is 64.2 Å². The Morgan fingerprint density at radius 3 is 1.68 bits per heavy atom. The number of hydrogen-bond donors (Lipinski definition) is 4. The fraction of sp³-hybridized carbons (Fsp3) is 0.773. The molecule has 5 atom stereocenters. The lowest BCUT2D eigenvalue weighted by Crippen LogP contribution is -2.29. The summed E-state index contributed by atoms with van der Waals surface area (Å²) in [6.07, 6.45) is 38.4. The van der Waals surface area contributed by atoms with Crippen LogP contribution in [0.4, 0.5) is 0 Å². The van der Waals surface area contributed by atoms with Gasteiger partial charge in [-0.15, -0.1) is 0 Å². The molecule has 0 aromatic carbocycles. The Hall–Kier alpha value is -1.96. The van der Waals surface area contributed by atoms with Crippen molar-refractivity contribution in [3.8, 4) is 0 Å². The number of hydrogen-bond acceptors (Lipinski definition) is 11. The summed E-state index contributed by atoms with van der Waals surface area (Å²) in [6, 6.07) is 0. The lowest BCUT2D eigenvalue weighted by atomic mass is 10.1. The third-order valence-electron chi connectivity index (χ3n) is 9.58. The first kappa shape index (κ1) is 56.1. The normalized spacial score (nSPS) is 17.8. The first-order valence-electron chi connectivity index (χ1n) is 22.5. The highest BCUT2D eigenvalue weighted by Gasteiger charge is 2.36. The monoisotopic (exact) mass is 892 g/mol. The van der Waals surface area contributed by atoms with Gasteiger partial charge in [0.1, 0.15) is 12.7 Å². The first-order chi connectivity index (χ1) is 28.8. The molecule has 0 aromatic heterocycles. The zero-order chi connectivity index (χ0) is 44.2. The second-order valence-corrected chi connectivity index (χ2v) is 18.0. The standard InChI is InChI=1S/C44H78O14P2/c1-3-5-7-9-11-13-14-15-16-17-18-20-22-24-29-33-43(46)53-37-40(38-56-60(51,52)55-36-39(45)35-54-59(48,49)50)57-44(47)34-30-26-25-28-32-42-41(58-42)31-27-23-21-19-12-10-8-6-4-2/h12-14,19,23,25,27-28,39-42,45H,3-11,15-18,20-22,24,26,29-38H2,1-2H3,(H,51,52)(H2,48,49,50)/b14-13-,19-12-,27-23-,28-25-/t39-,40+,41?,42?/m0/s1. The summed E-state index contributed by atoms with van der Waals surface area (Å²) in [5.74, 6) is -1.11. The number of carbonyl (C=O) groups is 2. The molecular formula is C44H78O14P2. The van der Waals surface area contributed by atoms with Crippen LogP contribution in [0.2, 0.25) is 0 Å². The SMILES string of the molecule is CCCCC/C=C\C/C=C\CC1OC1C/C=C\CCCC(=O)O[C@H](COC(=O)CCCCCCCCC/C=C\CCCCCC)COP(=O)(O)OC[C@@H](O)COP(=O)(O)O. The maximum atomic E-state index is 12.7. The molecule has 1 aliphatic rings. The molecule has 16 heteroatoms. The van der Waals surface area contributed by atoms with E-state index in [0.29, 0.717) is 19.3 Å². The summed E-state index contributed by atoms with van der Waals surface area (Å²) in [5, 5.41) is 9.75. The molecule has 1 fully saturated rings. The molecule has 0 bridgehead atoms. The average Bonchev–Trinajstić information content (AvgIpc) is 3.96. The second-order valence-electron chi connectivity index (χ2n) is 15.4. The van der Waals surface area contributed by atoms with Crippen LogP contribution in [0.25, 0.3) is 0 Å². The predicted molar refractivity (Wildman–Crippen MR) is 234 cm³/mol. The molecule has 3 unspecified atom stereocenters. The molecule has 1 aliphatic heterocycles. The molecule has 0 spiro atoms. The van der Waals surface area contributed by atoms with E-state index in [4.69, 9.17) is 28.5 Å². The van der Waals surface area contributed by atoms with Gasteiger partial charge in [-0.25, -0.2) is 9.13 Å². The fourth-order valence-electron chi connectivity index (χ4n) is 6.02. The fourth-order valence-corrected chi connectivity index (χ4v) is 7.18. The number of epoxide rings is 1. The quantitative estimate of drug-likeness (QED) is 0.0148. The molecule has 1 rings (SSSR count). The molecule has 0 aliphatic carbocycles. The van der Waals surface area contributed by atoms with E-state index in [-0.39, 0.29) is 25.0 Å². The largest absolute Gasteiger partial charge is 0.472 e. The smallest absolute Gasteiger partial charge is 0.462 e. The Kier molecular flexibility index (Phi) is 34.1. The van der Waals surface area contributed by atoms with Crippen LogP contribution in [0.1, 0.15) is 168 Å². The summed E-state index contributed by atoms with van der Waals surface area (Å²) in [6.45, 7) is 1.64. The van der Waals surface area contributed by atoms with Crippen molar-refractivity contribution in [1.29, 1.82) is 0 Å². The van der Waals surface area contributed by atoms with E-state index >= 15 is 0 Å². The third kappa shape index (κ3) is 36.7. The maximum Gasteiger partial charge on any atom is 0.472 e. The molecule has 14 nitrogen and oxygen atoms in total. The molecule has 4 N–H and O–H groups in total. The van der Waals surface area contributed by atoms with Gasteiger partial charge in [0, 0.05) is 12.8 Å². The van der Waals surface area contributed by atoms with Crippen molar-refractivity contribution in [2.45, 2.75) is 192 Å². The van der Waals surface area contributed by atoms with Gasteiger partial charge in [0.05, 0.1) is 32.0 Å². The minimum atomic E-state index is -4.87. The first-order valence-corrected chi connectivity index (χ1v) is 25.5. The number of carbonyl (C=O) groups excluding carboxylic acids is 2. The molecule has 1 heterocycles. The number of ether oxygens (including phenoxy) is 3. The van der Waals surface area contributed by atoms with Gasteiger partial charge in [-0.2, -0.15) is 0 Å². The zero-order valence-electron chi connectivity index (χ0n) is 36.5. The van der Waals surface area contributed by atoms with Crippen LogP contribution in [0.3, 0.4) is 0 Å². The number of esters is 2. The molecule has 0 aromatic rings. The van der Waals surface area contributed by atoms with Gasteiger partial charge in [-0.05, 0) is 77.0 Å². The number of unbranched alkanes of at least 4 members (excludes halogenated alkanes) is 15. The van der Waals surface area contributed by atoms with E-state index in [2.05, 4.69) is 59.4 Å². The van der Waals surface area contributed by atoms with E-state index < -0.39 is 66.2 Å². The Bertz CT molecular complexity index is 1310. The molecule has 60 heavy (non-hydrogen) atoms. The van der Waals surface area contributed by atoms with Gasteiger partial charge in [0.15, 0.2) is 6.10 Å². The summed E-state index contributed by atoms with van der Waals surface area (Å²) >= 11 is 0. The van der Waals surface area contributed by atoms with Crippen molar-refractivity contribution in [3.63, 3.8) is 0 Å². The van der Waals surface area contributed by atoms with Crippen LogP contribution in [0, 0.1) is 0 Å². The number of rotatable bonds is 41. The molecule has 0 radical (unpaired) electrons. The van der Waals surface area contributed by atoms with E-state index in [1.807, 2.05) is 12.2 Å². The summed E-state index contributed by atoms with van der Waals surface area (Å²) in [5.41, 5.74) is 0. The maximum absolute atomic E-state index is 12.7. The highest BCUT2D eigenvalue weighted by Crippen LogP contribution is 2.44. The molecule has 0 amide bonds. The van der Waals surface area contributed by atoms with Crippen molar-refractivity contribution in [3.05, 3.63) is 48.6 Å². The minimum Gasteiger partial charge on any atom is -0.462 e. The van der Waals surface area contributed by atoms with Crippen molar-refractivity contribution in [1.82, 2.24) is 0 Å². The lowest BCUT2D eigenvalue weighted by molar-refractivity contribution is -0.161. The number of aliphatic hydroxyl groups is 1. The number of phosphoric acid groups is 2. The van der Waals surface area contributed by atoms with Crippen LogP contribution in [0.5, 0.6) is 0 Å². The van der Waals surface area contributed by atoms with Gasteiger partial charge in [-0.1, -0.05) is 127 Å². The summed E-state index contributed by atoms with van der Waals surface area (Å²) in [7, 11) is -9.70.